The first-order valence-corrected chi connectivity index (χ1v) is 11.4. The molecule has 0 fully saturated rings. The highest BCUT2D eigenvalue weighted by Gasteiger charge is 2.19. The van der Waals surface area contributed by atoms with Crippen molar-refractivity contribution in [2.75, 3.05) is 35.0 Å². The van der Waals surface area contributed by atoms with Crippen molar-refractivity contribution in [3.8, 4) is 28.7 Å². The minimum atomic E-state index is -0.693. The number of hydrogen-bond acceptors (Lipinski definition) is 9. The average Bonchev–Trinajstić information content (AvgIpc) is 2.95. The molecule has 0 aliphatic carbocycles. The maximum atomic E-state index is 13.2. The largest absolute Gasteiger partial charge is 0.493 e. The molecule has 0 aliphatic heterocycles. The van der Waals surface area contributed by atoms with Crippen LogP contribution < -0.4 is 34.4 Å². The Morgan fingerprint density at radius 2 is 1.51 bits per heavy atom. The standard InChI is InChI=1S/C27H26FN3O8/c1-35-21-10-16(14-30-31-24(32)15-29-26(33)17-6-5-7-19(28)11-17)8-9-20(21)39-27(34)18-12-22(36-2)25(38-4)23(13-18)37-3/h5-14H,15H2,1-4H3,(H,29,33)(H,31,32)/b30-14+. The summed E-state index contributed by atoms with van der Waals surface area (Å²) in [7, 11) is 5.71. The number of nitrogens with zero attached hydrogens (tertiary/aromatic N) is 1. The second kappa shape index (κ2) is 13.4. The Hall–Kier alpha value is -5.13. The van der Waals surface area contributed by atoms with Crippen LogP contribution in [0.25, 0.3) is 0 Å². The molecule has 0 aromatic heterocycles. The number of hydrazone groups is 1. The first-order chi connectivity index (χ1) is 18.8. The summed E-state index contributed by atoms with van der Waals surface area (Å²) in [5, 5.41) is 6.21. The van der Waals surface area contributed by atoms with E-state index in [0.29, 0.717) is 11.3 Å². The van der Waals surface area contributed by atoms with Crippen molar-refractivity contribution in [2.24, 2.45) is 5.10 Å². The van der Waals surface area contributed by atoms with Gasteiger partial charge in [-0.3, -0.25) is 9.59 Å². The molecule has 2 amide bonds. The second-order valence-electron chi connectivity index (χ2n) is 7.70. The van der Waals surface area contributed by atoms with Gasteiger partial charge in [0, 0.05) is 5.56 Å². The van der Waals surface area contributed by atoms with Gasteiger partial charge in [0.1, 0.15) is 5.82 Å². The monoisotopic (exact) mass is 539 g/mol. The molecule has 0 radical (unpaired) electrons. The van der Waals surface area contributed by atoms with E-state index in [4.69, 9.17) is 23.7 Å². The molecule has 2 N–H and O–H groups in total. The average molecular weight is 540 g/mol. The fraction of sp³-hybridized carbons (Fsp3) is 0.185. The molecule has 0 saturated heterocycles. The number of ether oxygens (including phenoxy) is 5. The van der Waals surface area contributed by atoms with Crippen molar-refractivity contribution in [3.05, 3.63) is 77.1 Å². The van der Waals surface area contributed by atoms with Gasteiger partial charge in [0.15, 0.2) is 23.0 Å². The van der Waals surface area contributed by atoms with Gasteiger partial charge in [-0.15, -0.1) is 0 Å². The van der Waals surface area contributed by atoms with Crippen LogP contribution in [0.3, 0.4) is 0 Å². The van der Waals surface area contributed by atoms with Crippen molar-refractivity contribution in [1.29, 1.82) is 0 Å². The Balaban J connectivity index is 1.62. The molecule has 12 heteroatoms. The van der Waals surface area contributed by atoms with Crippen molar-refractivity contribution in [3.63, 3.8) is 0 Å². The number of halogens is 1. The lowest BCUT2D eigenvalue weighted by Crippen LogP contribution is -2.34. The summed E-state index contributed by atoms with van der Waals surface area (Å²) in [6.07, 6.45) is 1.33. The Bertz CT molecular complexity index is 1370. The van der Waals surface area contributed by atoms with Gasteiger partial charge in [-0.05, 0) is 54.1 Å². The summed E-state index contributed by atoms with van der Waals surface area (Å²) in [6.45, 7) is -0.369. The Kier molecular flexibility index (Phi) is 9.79. The van der Waals surface area contributed by atoms with Crippen molar-refractivity contribution < 1.29 is 42.5 Å². The molecule has 0 aliphatic rings. The third-order valence-corrected chi connectivity index (χ3v) is 5.19. The van der Waals surface area contributed by atoms with Gasteiger partial charge in [0.2, 0.25) is 5.75 Å². The highest BCUT2D eigenvalue weighted by atomic mass is 19.1. The first kappa shape index (κ1) is 28.4. The minimum Gasteiger partial charge on any atom is -0.493 e. The van der Waals surface area contributed by atoms with Gasteiger partial charge in [-0.1, -0.05) is 6.07 Å². The molecule has 3 aromatic rings. The smallest absolute Gasteiger partial charge is 0.343 e. The molecule has 3 rings (SSSR count). The number of nitrogens with one attached hydrogen (secondary N) is 2. The SMILES string of the molecule is COc1cc(/C=N/NC(=O)CNC(=O)c2cccc(F)c2)ccc1OC(=O)c1cc(OC)c(OC)c(OC)c1. The molecule has 0 unspecified atom stereocenters. The predicted octanol–water partition coefficient (Wildman–Crippen LogP) is 2.96. The zero-order valence-electron chi connectivity index (χ0n) is 21.6. The number of carbonyl (C=O) groups excluding carboxylic acids is 3. The van der Waals surface area contributed by atoms with Crippen LogP contribution in [0.15, 0.2) is 59.7 Å². The number of esters is 1. The highest BCUT2D eigenvalue weighted by molar-refractivity contribution is 5.96. The zero-order valence-corrected chi connectivity index (χ0v) is 21.6. The zero-order chi connectivity index (χ0) is 28.4. The van der Waals surface area contributed by atoms with Crippen LogP contribution in [0, 0.1) is 5.82 Å². The quantitative estimate of drug-likeness (QED) is 0.164. The number of methoxy groups -OCH3 is 4. The number of carbonyl (C=O) groups is 3. The highest BCUT2D eigenvalue weighted by Crippen LogP contribution is 2.38. The first-order valence-electron chi connectivity index (χ1n) is 11.4. The van der Waals surface area contributed by atoms with Crippen LogP contribution in [0.4, 0.5) is 4.39 Å². The van der Waals surface area contributed by atoms with Gasteiger partial charge in [-0.2, -0.15) is 5.10 Å². The number of hydrogen-bond donors (Lipinski definition) is 2. The fourth-order valence-corrected chi connectivity index (χ4v) is 3.32. The Morgan fingerprint density at radius 3 is 2.13 bits per heavy atom. The Labute approximate surface area is 223 Å². The lowest BCUT2D eigenvalue weighted by Gasteiger charge is -2.14. The van der Waals surface area contributed by atoms with E-state index in [2.05, 4.69) is 15.8 Å². The molecule has 39 heavy (non-hydrogen) atoms. The van der Waals surface area contributed by atoms with E-state index < -0.39 is 23.6 Å². The number of rotatable bonds is 11. The van der Waals surface area contributed by atoms with E-state index in [1.807, 2.05) is 0 Å². The van der Waals surface area contributed by atoms with Crippen molar-refractivity contribution in [2.45, 2.75) is 0 Å². The molecule has 11 nitrogen and oxygen atoms in total. The molecule has 0 bridgehead atoms. The van der Waals surface area contributed by atoms with Gasteiger partial charge in [0.25, 0.3) is 11.8 Å². The van der Waals surface area contributed by atoms with Crippen molar-refractivity contribution in [1.82, 2.24) is 10.7 Å². The van der Waals surface area contributed by atoms with E-state index in [-0.39, 0.29) is 40.7 Å². The van der Waals surface area contributed by atoms with Crippen LogP contribution in [0.5, 0.6) is 28.7 Å². The third kappa shape index (κ3) is 7.44. The van der Waals surface area contributed by atoms with Crippen molar-refractivity contribution >= 4 is 24.0 Å². The Morgan fingerprint density at radius 1 is 0.821 bits per heavy atom. The number of amides is 2. The summed E-state index contributed by atoms with van der Waals surface area (Å²) in [5.41, 5.74) is 3.03. The summed E-state index contributed by atoms with van der Waals surface area (Å²) >= 11 is 0. The van der Waals surface area contributed by atoms with Crippen LogP contribution >= 0.6 is 0 Å². The maximum absolute atomic E-state index is 13.2. The molecule has 204 valence electrons. The fourth-order valence-electron chi connectivity index (χ4n) is 3.32. The summed E-state index contributed by atoms with van der Waals surface area (Å²) in [6, 6.07) is 12.6. The van der Waals surface area contributed by atoms with Gasteiger partial charge < -0.3 is 29.0 Å². The normalized spacial score (nSPS) is 10.5. The molecule has 0 atom stereocenters. The predicted molar refractivity (Wildman–Crippen MR) is 139 cm³/mol. The van der Waals surface area contributed by atoms with Crippen LogP contribution in [0.2, 0.25) is 0 Å². The molecular weight excluding hydrogens is 513 g/mol. The molecule has 3 aromatic carbocycles. The third-order valence-electron chi connectivity index (χ3n) is 5.19. The van der Waals surface area contributed by atoms with Gasteiger partial charge in [-0.25, -0.2) is 14.6 Å². The van der Waals surface area contributed by atoms with Crippen LogP contribution in [0.1, 0.15) is 26.3 Å². The topological polar surface area (TPSA) is 134 Å². The minimum absolute atomic E-state index is 0.0875. The van der Waals surface area contributed by atoms with E-state index in [9.17, 15) is 18.8 Å². The van der Waals surface area contributed by atoms with Gasteiger partial charge >= 0.3 is 5.97 Å². The molecular formula is C27H26FN3O8. The van der Waals surface area contributed by atoms with E-state index in [0.717, 1.165) is 6.07 Å². The van der Waals surface area contributed by atoms with E-state index in [1.165, 1.54) is 71.1 Å². The molecule has 0 saturated carbocycles. The summed E-state index contributed by atoms with van der Waals surface area (Å²) < 4.78 is 39.9. The van der Waals surface area contributed by atoms with Crippen LogP contribution in [-0.2, 0) is 4.79 Å². The number of benzene rings is 3. The van der Waals surface area contributed by atoms with Crippen LogP contribution in [-0.4, -0.2) is 59.0 Å². The second-order valence-corrected chi connectivity index (χ2v) is 7.70. The van der Waals surface area contributed by atoms with E-state index in [1.54, 1.807) is 12.1 Å². The maximum Gasteiger partial charge on any atom is 0.343 e. The molecule has 0 heterocycles. The van der Waals surface area contributed by atoms with E-state index >= 15 is 0 Å². The lowest BCUT2D eigenvalue weighted by atomic mass is 10.1. The lowest BCUT2D eigenvalue weighted by molar-refractivity contribution is -0.120. The van der Waals surface area contributed by atoms with Gasteiger partial charge in [0.05, 0.1) is 46.8 Å². The summed E-state index contributed by atoms with van der Waals surface area (Å²) in [4.78, 5) is 36.8. The summed E-state index contributed by atoms with van der Waals surface area (Å²) in [5.74, 6) is -1.18. The molecule has 0 spiro atoms.